The van der Waals surface area contributed by atoms with Gasteiger partial charge in [-0.15, -0.1) is 0 Å². The van der Waals surface area contributed by atoms with Crippen molar-refractivity contribution < 1.29 is 9.59 Å². The SMILES string of the molecule is NC(=O)[C@@H]1Cc2ccccc2CN1Cc1ccc(C(=O)Nc2ccccc2)cc1. The van der Waals surface area contributed by atoms with Crippen LogP contribution in [-0.4, -0.2) is 22.8 Å². The zero-order valence-corrected chi connectivity index (χ0v) is 16.0. The molecule has 3 N–H and O–H groups in total. The van der Waals surface area contributed by atoms with Crippen molar-refractivity contribution >= 4 is 17.5 Å². The van der Waals surface area contributed by atoms with Crippen LogP contribution in [0.5, 0.6) is 0 Å². The van der Waals surface area contributed by atoms with Gasteiger partial charge >= 0.3 is 0 Å². The lowest BCUT2D eigenvalue weighted by Crippen LogP contribution is -2.48. The average Bonchev–Trinajstić information content (AvgIpc) is 2.74. The highest BCUT2D eigenvalue weighted by atomic mass is 16.2. The monoisotopic (exact) mass is 385 g/mol. The van der Waals surface area contributed by atoms with Gasteiger partial charge in [0.15, 0.2) is 0 Å². The summed E-state index contributed by atoms with van der Waals surface area (Å²) in [5, 5.41) is 2.88. The second kappa shape index (κ2) is 8.29. The molecule has 0 spiro atoms. The molecule has 0 unspecified atom stereocenters. The van der Waals surface area contributed by atoms with E-state index in [1.165, 1.54) is 11.1 Å². The highest BCUT2D eigenvalue weighted by Crippen LogP contribution is 2.25. The van der Waals surface area contributed by atoms with Crippen LogP contribution in [0.1, 0.15) is 27.0 Å². The average molecular weight is 385 g/mol. The summed E-state index contributed by atoms with van der Waals surface area (Å²) in [6, 6.07) is 24.7. The lowest BCUT2D eigenvalue weighted by atomic mass is 9.93. The normalized spacial score (nSPS) is 16.1. The Bertz CT molecular complexity index is 1020. The summed E-state index contributed by atoms with van der Waals surface area (Å²) < 4.78 is 0. The van der Waals surface area contributed by atoms with E-state index in [0.29, 0.717) is 25.1 Å². The lowest BCUT2D eigenvalue weighted by molar-refractivity contribution is -0.124. The second-order valence-electron chi connectivity index (χ2n) is 7.31. The van der Waals surface area contributed by atoms with Crippen LogP contribution in [0, 0.1) is 0 Å². The van der Waals surface area contributed by atoms with Crippen LogP contribution >= 0.6 is 0 Å². The van der Waals surface area contributed by atoms with Gasteiger partial charge in [0.05, 0.1) is 6.04 Å². The number of nitrogens with one attached hydrogen (secondary N) is 1. The van der Waals surface area contributed by atoms with E-state index in [0.717, 1.165) is 11.3 Å². The maximum Gasteiger partial charge on any atom is 0.255 e. The van der Waals surface area contributed by atoms with Crippen LogP contribution in [0.3, 0.4) is 0 Å². The zero-order chi connectivity index (χ0) is 20.2. The Morgan fingerprint density at radius 2 is 1.55 bits per heavy atom. The molecule has 0 saturated heterocycles. The number of primary amides is 1. The summed E-state index contributed by atoms with van der Waals surface area (Å²) in [4.78, 5) is 26.5. The van der Waals surface area contributed by atoms with E-state index in [-0.39, 0.29) is 17.9 Å². The van der Waals surface area contributed by atoms with Crippen molar-refractivity contribution in [3.05, 3.63) is 101 Å². The van der Waals surface area contributed by atoms with Crippen LogP contribution in [0.15, 0.2) is 78.9 Å². The van der Waals surface area contributed by atoms with Gasteiger partial charge in [0.25, 0.3) is 5.91 Å². The van der Waals surface area contributed by atoms with E-state index < -0.39 is 0 Å². The fourth-order valence-electron chi connectivity index (χ4n) is 3.74. The Balaban J connectivity index is 1.46. The molecule has 2 amide bonds. The van der Waals surface area contributed by atoms with Gasteiger partial charge in [0.1, 0.15) is 0 Å². The summed E-state index contributed by atoms with van der Waals surface area (Å²) in [6.07, 6.45) is 0.628. The van der Waals surface area contributed by atoms with Crippen molar-refractivity contribution in [2.24, 2.45) is 5.73 Å². The molecule has 0 aromatic heterocycles. The predicted molar refractivity (Wildman–Crippen MR) is 113 cm³/mol. The number of carbonyl (C=O) groups excluding carboxylic acids is 2. The van der Waals surface area contributed by atoms with Crippen LogP contribution in [0.2, 0.25) is 0 Å². The number of benzene rings is 3. The van der Waals surface area contributed by atoms with E-state index in [9.17, 15) is 9.59 Å². The van der Waals surface area contributed by atoms with Crippen LogP contribution in [0.4, 0.5) is 5.69 Å². The van der Waals surface area contributed by atoms with E-state index in [2.05, 4.69) is 22.3 Å². The number of fused-ring (bicyclic) bond motifs is 1. The van der Waals surface area contributed by atoms with Crippen LogP contribution < -0.4 is 11.1 Å². The molecule has 1 heterocycles. The van der Waals surface area contributed by atoms with Gasteiger partial charge in [0.2, 0.25) is 5.91 Å². The van der Waals surface area contributed by atoms with E-state index in [1.54, 1.807) is 0 Å². The Morgan fingerprint density at radius 3 is 2.24 bits per heavy atom. The highest BCUT2D eigenvalue weighted by molar-refractivity contribution is 6.04. The molecule has 5 heteroatoms. The van der Waals surface area contributed by atoms with Crippen molar-refractivity contribution in [1.82, 2.24) is 4.90 Å². The van der Waals surface area contributed by atoms with Gasteiger partial charge in [0, 0.05) is 24.3 Å². The number of hydrogen-bond acceptors (Lipinski definition) is 3. The van der Waals surface area contributed by atoms with Crippen molar-refractivity contribution in [3.8, 4) is 0 Å². The summed E-state index contributed by atoms with van der Waals surface area (Å²) in [5.41, 5.74) is 10.5. The molecule has 1 aliphatic heterocycles. The van der Waals surface area contributed by atoms with Crippen molar-refractivity contribution in [2.45, 2.75) is 25.6 Å². The van der Waals surface area contributed by atoms with Crippen LogP contribution in [-0.2, 0) is 24.3 Å². The molecule has 1 aliphatic rings. The van der Waals surface area contributed by atoms with Gasteiger partial charge in [-0.3, -0.25) is 14.5 Å². The number of rotatable bonds is 5. The third kappa shape index (κ3) is 4.36. The van der Waals surface area contributed by atoms with E-state index in [4.69, 9.17) is 5.73 Å². The van der Waals surface area contributed by atoms with Gasteiger partial charge in [-0.1, -0.05) is 54.6 Å². The first-order chi connectivity index (χ1) is 14.1. The minimum Gasteiger partial charge on any atom is -0.368 e. The topological polar surface area (TPSA) is 75.4 Å². The number of para-hydroxylation sites is 1. The van der Waals surface area contributed by atoms with Gasteiger partial charge < -0.3 is 11.1 Å². The minimum atomic E-state index is -0.328. The summed E-state index contributed by atoms with van der Waals surface area (Å²) >= 11 is 0. The number of nitrogens with zero attached hydrogens (tertiary/aromatic N) is 1. The second-order valence-corrected chi connectivity index (χ2v) is 7.31. The number of carbonyl (C=O) groups is 2. The molecule has 29 heavy (non-hydrogen) atoms. The van der Waals surface area contributed by atoms with Gasteiger partial charge in [-0.05, 0) is 47.4 Å². The summed E-state index contributed by atoms with van der Waals surface area (Å²) in [5.74, 6) is -0.456. The number of anilines is 1. The molecule has 5 nitrogen and oxygen atoms in total. The first-order valence-corrected chi connectivity index (χ1v) is 9.65. The molecule has 0 aliphatic carbocycles. The Hall–Kier alpha value is -3.44. The van der Waals surface area contributed by atoms with Gasteiger partial charge in [-0.25, -0.2) is 0 Å². The Kier molecular flexibility index (Phi) is 5.40. The fourth-order valence-corrected chi connectivity index (χ4v) is 3.74. The highest BCUT2D eigenvalue weighted by Gasteiger charge is 2.29. The van der Waals surface area contributed by atoms with E-state index in [1.807, 2.05) is 66.7 Å². The molecule has 1 atom stereocenters. The molecular weight excluding hydrogens is 362 g/mol. The number of amides is 2. The molecule has 0 bridgehead atoms. The fraction of sp³-hybridized carbons (Fsp3) is 0.167. The van der Waals surface area contributed by atoms with E-state index >= 15 is 0 Å². The minimum absolute atomic E-state index is 0.148. The number of nitrogens with two attached hydrogens (primary N) is 1. The largest absolute Gasteiger partial charge is 0.368 e. The quantitative estimate of drug-likeness (QED) is 0.707. The number of hydrogen-bond donors (Lipinski definition) is 2. The molecule has 146 valence electrons. The molecule has 0 saturated carbocycles. The summed E-state index contributed by atoms with van der Waals surface area (Å²) in [7, 11) is 0. The third-order valence-corrected chi connectivity index (χ3v) is 5.31. The molecule has 3 aromatic carbocycles. The zero-order valence-electron chi connectivity index (χ0n) is 16.0. The van der Waals surface area contributed by atoms with Crippen molar-refractivity contribution in [1.29, 1.82) is 0 Å². The maximum absolute atomic E-state index is 12.4. The lowest BCUT2D eigenvalue weighted by Gasteiger charge is -2.35. The molecular formula is C24H23N3O2. The molecule has 4 rings (SSSR count). The first kappa shape index (κ1) is 18.9. The van der Waals surface area contributed by atoms with Gasteiger partial charge in [-0.2, -0.15) is 0 Å². The van der Waals surface area contributed by atoms with Crippen LogP contribution in [0.25, 0.3) is 0 Å². The molecule has 3 aromatic rings. The summed E-state index contributed by atoms with van der Waals surface area (Å²) in [6.45, 7) is 1.28. The third-order valence-electron chi connectivity index (χ3n) is 5.31. The molecule has 0 radical (unpaired) electrons. The smallest absolute Gasteiger partial charge is 0.255 e. The standard InChI is InChI=1S/C24H23N3O2/c25-23(28)22-14-19-6-4-5-7-20(19)16-27(22)15-17-10-12-18(13-11-17)24(29)26-21-8-2-1-3-9-21/h1-13,22H,14-16H2,(H2,25,28)(H,26,29)/t22-/m0/s1. The Morgan fingerprint density at radius 1 is 0.897 bits per heavy atom. The Labute approximate surface area is 170 Å². The maximum atomic E-state index is 12.4. The van der Waals surface area contributed by atoms with Crippen molar-refractivity contribution in [2.75, 3.05) is 5.32 Å². The molecule has 0 fully saturated rings. The van der Waals surface area contributed by atoms with Crippen molar-refractivity contribution in [3.63, 3.8) is 0 Å². The first-order valence-electron chi connectivity index (χ1n) is 9.65. The predicted octanol–water partition coefficient (Wildman–Crippen LogP) is 3.35.